The number of likely N-dealkylation sites (tertiary alicyclic amines) is 1. The number of aryl methyl sites for hydroxylation is 1. The highest BCUT2D eigenvalue weighted by Crippen LogP contribution is 2.27. The molecule has 3 heterocycles. The highest BCUT2D eigenvalue weighted by atomic mass is 32.1. The number of hydrogen-bond acceptors (Lipinski definition) is 6. The molecule has 7 nitrogen and oxygen atoms in total. The zero-order chi connectivity index (χ0) is 18.5. The normalized spacial score (nSPS) is 18.0. The fourth-order valence-electron chi connectivity index (χ4n) is 3.19. The lowest BCUT2D eigenvalue weighted by atomic mass is 9.97. The van der Waals surface area contributed by atoms with Crippen LogP contribution in [0, 0.1) is 12.8 Å². The second kappa shape index (κ2) is 8.46. The number of aromatic nitrogens is 1. The first-order valence-electron chi connectivity index (χ1n) is 8.85. The van der Waals surface area contributed by atoms with E-state index in [0.717, 1.165) is 43.8 Å². The highest BCUT2D eigenvalue weighted by Gasteiger charge is 2.23. The van der Waals surface area contributed by atoms with Crippen LogP contribution in [0.4, 0.5) is 0 Å². The van der Waals surface area contributed by atoms with E-state index in [1.165, 1.54) is 11.3 Å². The fourth-order valence-corrected chi connectivity index (χ4v) is 4.07. The molecule has 0 spiro atoms. The summed E-state index contributed by atoms with van der Waals surface area (Å²) in [5, 5.41) is 3.64. The Morgan fingerprint density at radius 3 is 3.08 bits per heavy atom. The van der Waals surface area contributed by atoms with Gasteiger partial charge in [0.05, 0.1) is 12.2 Å². The molecule has 140 valence electrons. The number of nitrogens with zero attached hydrogens (tertiary/aromatic N) is 2. The molecular weight excluding hydrogens is 352 g/mol. The second-order valence-electron chi connectivity index (χ2n) is 6.55. The highest BCUT2D eigenvalue weighted by molar-refractivity contribution is 7.15. The van der Waals surface area contributed by atoms with Crippen LogP contribution in [0.5, 0.6) is 0 Å². The number of nitrogens with two attached hydrogens (primary N) is 1. The van der Waals surface area contributed by atoms with Crippen LogP contribution >= 0.6 is 11.3 Å². The number of carbonyl (C=O) groups is 2. The van der Waals surface area contributed by atoms with E-state index in [9.17, 15) is 9.59 Å². The van der Waals surface area contributed by atoms with Crippen LogP contribution in [0.25, 0.3) is 10.8 Å². The van der Waals surface area contributed by atoms with Gasteiger partial charge in [0, 0.05) is 18.0 Å². The van der Waals surface area contributed by atoms with Crippen molar-refractivity contribution in [2.45, 2.75) is 26.2 Å². The number of furan rings is 1. The van der Waals surface area contributed by atoms with Gasteiger partial charge in [0.15, 0.2) is 10.8 Å². The lowest BCUT2D eigenvalue weighted by Gasteiger charge is -2.31. The first-order valence-corrected chi connectivity index (χ1v) is 9.67. The second-order valence-corrected chi connectivity index (χ2v) is 7.76. The van der Waals surface area contributed by atoms with Gasteiger partial charge in [-0.3, -0.25) is 9.59 Å². The van der Waals surface area contributed by atoms with Crippen molar-refractivity contribution in [2.75, 3.05) is 26.2 Å². The Hall–Kier alpha value is -2.19. The minimum atomic E-state index is -0.214. The summed E-state index contributed by atoms with van der Waals surface area (Å²) in [7, 11) is 0. The molecule has 26 heavy (non-hydrogen) atoms. The first-order chi connectivity index (χ1) is 12.5. The first kappa shape index (κ1) is 18.6. The summed E-state index contributed by atoms with van der Waals surface area (Å²) in [5.41, 5.74) is 5.86. The molecule has 0 aromatic carbocycles. The van der Waals surface area contributed by atoms with Gasteiger partial charge in [-0.1, -0.05) is 0 Å². The standard InChI is InChI=1S/C18H24N4O3S/c1-12-15(21-18(26-12)14-6-3-10-25-14)17(24)20-7-4-9-22-8-2-5-13(11-22)16(19)23/h3,6,10,13H,2,4-5,7-9,11H2,1H3,(H2,19,23)(H,20,24). The minimum absolute atomic E-state index is 0.0454. The van der Waals surface area contributed by atoms with Crippen LogP contribution in [0.1, 0.15) is 34.6 Å². The summed E-state index contributed by atoms with van der Waals surface area (Å²) in [6.45, 7) is 5.01. The molecule has 3 N–H and O–H groups in total. The van der Waals surface area contributed by atoms with Crippen molar-refractivity contribution in [3.8, 4) is 10.8 Å². The summed E-state index contributed by atoms with van der Waals surface area (Å²) in [6.07, 6.45) is 4.29. The number of nitrogens with one attached hydrogen (secondary N) is 1. The van der Waals surface area contributed by atoms with Crippen LogP contribution in [-0.4, -0.2) is 47.9 Å². The Labute approximate surface area is 156 Å². The maximum atomic E-state index is 12.4. The molecule has 8 heteroatoms. The summed E-state index contributed by atoms with van der Waals surface area (Å²) < 4.78 is 5.34. The fraction of sp³-hybridized carbons (Fsp3) is 0.500. The Morgan fingerprint density at radius 1 is 1.50 bits per heavy atom. The SMILES string of the molecule is Cc1sc(-c2ccco2)nc1C(=O)NCCCN1CCCC(C(N)=O)C1. The number of piperidine rings is 1. The van der Waals surface area contributed by atoms with Crippen LogP contribution in [0.2, 0.25) is 0 Å². The van der Waals surface area contributed by atoms with Gasteiger partial charge in [-0.2, -0.15) is 0 Å². The zero-order valence-electron chi connectivity index (χ0n) is 14.9. The third-order valence-corrected chi connectivity index (χ3v) is 5.57. The van der Waals surface area contributed by atoms with Crippen LogP contribution in [-0.2, 0) is 4.79 Å². The van der Waals surface area contributed by atoms with Crippen LogP contribution < -0.4 is 11.1 Å². The van der Waals surface area contributed by atoms with E-state index in [2.05, 4.69) is 15.2 Å². The topological polar surface area (TPSA) is 101 Å². The monoisotopic (exact) mass is 376 g/mol. The van der Waals surface area contributed by atoms with Gasteiger partial charge >= 0.3 is 0 Å². The molecule has 1 aliphatic rings. The average Bonchev–Trinajstić information content (AvgIpc) is 3.28. The van der Waals surface area contributed by atoms with Gasteiger partial charge in [0.25, 0.3) is 5.91 Å². The molecule has 1 atom stereocenters. The summed E-state index contributed by atoms with van der Waals surface area (Å²) in [4.78, 5) is 31.2. The van der Waals surface area contributed by atoms with Crippen LogP contribution in [0.3, 0.4) is 0 Å². The summed E-state index contributed by atoms with van der Waals surface area (Å²) in [6, 6.07) is 3.63. The average molecular weight is 376 g/mol. The Morgan fingerprint density at radius 2 is 2.35 bits per heavy atom. The third-order valence-electron chi connectivity index (χ3n) is 4.59. The van der Waals surface area contributed by atoms with Crippen molar-refractivity contribution in [3.05, 3.63) is 29.0 Å². The van der Waals surface area contributed by atoms with E-state index in [4.69, 9.17) is 10.2 Å². The van der Waals surface area contributed by atoms with Gasteiger partial charge in [-0.05, 0) is 51.4 Å². The summed E-state index contributed by atoms with van der Waals surface area (Å²) in [5.74, 6) is 0.252. The lowest BCUT2D eigenvalue weighted by Crippen LogP contribution is -2.42. The Kier molecular flexibility index (Phi) is 6.05. The van der Waals surface area contributed by atoms with Crippen molar-refractivity contribution < 1.29 is 14.0 Å². The smallest absolute Gasteiger partial charge is 0.271 e. The molecule has 2 amide bonds. The van der Waals surface area contributed by atoms with E-state index in [-0.39, 0.29) is 17.7 Å². The number of primary amides is 1. The largest absolute Gasteiger partial charge is 0.462 e. The van der Waals surface area contributed by atoms with E-state index in [0.29, 0.717) is 23.0 Å². The Balaban J connectivity index is 1.45. The third kappa shape index (κ3) is 4.50. The van der Waals surface area contributed by atoms with Crippen molar-refractivity contribution in [3.63, 3.8) is 0 Å². The van der Waals surface area contributed by atoms with Crippen molar-refractivity contribution >= 4 is 23.2 Å². The lowest BCUT2D eigenvalue weighted by molar-refractivity contribution is -0.123. The maximum absolute atomic E-state index is 12.4. The van der Waals surface area contributed by atoms with E-state index in [1.54, 1.807) is 12.3 Å². The molecule has 2 aromatic heterocycles. The van der Waals surface area contributed by atoms with E-state index < -0.39 is 0 Å². The molecule has 1 saturated heterocycles. The van der Waals surface area contributed by atoms with Gasteiger partial charge in [-0.15, -0.1) is 11.3 Å². The molecule has 0 saturated carbocycles. The zero-order valence-corrected chi connectivity index (χ0v) is 15.7. The molecule has 0 aliphatic carbocycles. The molecule has 3 rings (SSSR count). The molecule has 1 aliphatic heterocycles. The van der Waals surface area contributed by atoms with Crippen LogP contribution in [0.15, 0.2) is 22.8 Å². The minimum Gasteiger partial charge on any atom is -0.462 e. The number of rotatable bonds is 7. The summed E-state index contributed by atoms with van der Waals surface area (Å²) >= 11 is 1.45. The molecule has 0 bridgehead atoms. The molecular formula is C18H24N4O3S. The Bertz CT molecular complexity index is 757. The van der Waals surface area contributed by atoms with Gasteiger partial charge in [0.2, 0.25) is 5.91 Å². The number of amides is 2. The molecule has 1 unspecified atom stereocenters. The quantitative estimate of drug-likeness (QED) is 0.720. The molecule has 2 aromatic rings. The molecule has 0 radical (unpaired) electrons. The van der Waals surface area contributed by atoms with Crippen molar-refractivity contribution in [1.29, 1.82) is 0 Å². The van der Waals surface area contributed by atoms with Gasteiger partial charge < -0.3 is 20.4 Å². The van der Waals surface area contributed by atoms with Crippen molar-refractivity contribution in [1.82, 2.24) is 15.2 Å². The predicted molar refractivity (Wildman–Crippen MR) is 99.9 cm³/mol. The van der Waals surface area contributed by atoms with Crippen molar-refractivity contribution in [2.24, 2.45) is 11.7 Å². The number of hydrogen-bond donors (Lipinski definition) is 2. The maximum Gasteiger partial charge on any atom is 0.271 e. The predicted octanol–water partition coefficient (Wildman–Crippen LogP) is 2.03. The van der Waals surface area contributed by atoms with Gasteiger partial charge in [-0.25, -0.2) is 4.98 Å². The number of carbonyl (C=O) groups excluding carboxylic acids is 2. The van der Waals surface area contributed by atoms with E-state index >= 15 is 0 Å². The van der Waals surface area contributed by atoms with Gasteiger partial charge in [0.1, 0.15) is 5.69 Å². The van der Waals surface area contributed by atoms with E-state index in [1.807, 2.05) is 13.0 Å². The molecule has 1 fully saturated rings. The number of thiazole rings is 1.